The van der Waals surface area contributed by atoms with E-state index in [0.717, 1.165) is 39.3 Å². The summed E-state index contributed by atoms with van der Waals surface area (Å²) in [6.45, 7) is 0. The molecule has 0 aliphatic heterocycles. The van der Waals surface area contributed by atoms with Crippen LogP contribution in [0.1, 0.15) is 22.5 Å². The van der Waals surface area contributed by atoms with E-state index in [9.17, 15) is 0 Å². The molecule has 6 rings (SSSR count). The maximum Gasteiger partial charge on any atom is 0.205 e. The van der Waals surface area contributed by atoms with Gasteiger partial charge in [0.1, 0.15) is 11.5 Å². The van der Waals surface area contributed by atoms with Gasteiger partial charge in [-0.2, -0.15) is 0 Å². The van der Waals surface area contributed by atoms with Crippen LogP contribution in [0.2, 0.25) is 0 Å². The van der Waals surface area contributed by atoms with Crippen molar-refractivity contribution < 1.29 is 4.52 Å². The van der Waals surface area contributed by atoms with Crippen LogP contribution in [0, 0.1) is 0 Å². The molecular weight excluding hydrogens is 526 g/mol. The minimum absolute atomic E-state index is 0.506. The van der Waals surface area contributed by atoms with Gasteiger partial charge in [0.25, 0.3) is 0 Å². The standard InChI is InChI=1S/C30H22BrN5O/c31-21-25-20-28(34-37-25)26-18-10-11-19-27(26)29-32-35-36(33-29)30(22-12-4-1-5-13-22,23-14-6-2-7-15-23)24-16-8-3-9-17-24/h1-20H,21H2. The molecule has 7 heteroatoms. The van der Waals surface area contributed by atoms with E-state index >= 15 is 0 Å². The quantitative estimate of drug-likeness (QED) is 0.164. The highest BCUT2D eigenvalue weighted by atomic mass is 79.9. The number of nitrogens with zero attached hydrogens (tertiary/aromatic N) is 5. The highest BCUT2D eigenvalue weighted by Gasteiger charge is 2.41. The van der Waals surface area contributed by atoms with E-state index in [1.54, 1.807) is 4.80 Å². The first-order chi connectivity index (χ1) is 18.3. The first kappa shape index (κ1) is 23.1. The molecule has 6 aromatic rings. The van der Waals surface area contributed by atoms with Crippen molar-refractivity contribution in [1.29, 1.82) is 0 Å². The zero-order chi connectivity index (χ0) is 25.1. The minimum Gasteiger partial charge on any atom is -0.360 e. The molecule has 0 saturated heterocycles. The minimum atomic E-state index is -0.832. The zero-order valence-corrected chi connectivity index (χ0v) is 21.4. The summed E-state index contributed by atoms with van der Waals surface area (Å²) in [4.78, 5) is 1.73. The van der Waals surface area contributed by atoms with Crippen molar-refractivity contribution in [3.63, 3.8) is 0 Å². The Balaban J connectivity index is 1.58. The van der Waals surface area contributed by atoms with Crippen LogP contribution in [0.4, 0.5) is 0 Å². The lowest BCUT2D eigenvalue weighted by atomic mass is 9.77. The molecule has 4 aromatic carbocycles. The van der Waals surface area contributed by atoms with Gasteiger partial charge in [-0.1, -0.05) is 136 Å². The second kappa shape index (κ2) is 9.95. The van der Waals surface area contributed by atoms with E-state index in [1.165, 1.54) is 0 Å². The Labute approximate surface area is 222 Å². The molecule has 6 nitrogen and oxygen atoms in total. The molecule has 0 radical (unpaired) electrons. The highest BCUT2D eigenvalue weighted by molar-refractivity contribution is 9.08. The van der Waals surface area contributed by atoms with Crippen molar-refractivity contribution in [2.45, 2.75) is 10.9 Å². The van der Waals surface area contributed by atoms with E-state index in [1.807, 2.05) is 84.9 Å². The maximum atomic E-state index is 5.43. The van der Waals surface area contributed by atoms with Crippen LogP contribution in [0.25, 0.3) is 22.6 Å². The van der Waals surface area contributed by atoms with E-state index in [-0.39, 0.29) is 0 Å². The van der Waals surface area contributed by atoms with E-state index in [2.05, 4.69) is 67.8 Å². The summed E-state index contributed by atoms with van der Waals surface area (Å²) < 4.78 is 5.43. The van der Waals surface area contributed by atoms with E-state index in [0.29, 0.717) is 11.2 Å². The number of halogens is 1. The zero-order valence-electron chi connectivity index (χ0n) is 19.8. The third-order valence-corrected chi connectivity index (χ3v) is 6.98. The van der Waals surface area contributed by atoms with Crippen molar-refractivity contribution in [3.05, 3.63) is 144 Å². The molecular formula is C30H22BrN5O. The van der Waals surface area contributed by atoms with Crippen LogP contribution in [0.3, 0.4) is 0 Å². The maximum absolute atomic E-state index is 5.43. The second-order valence-corrected chi connectivity index (χ2v) is 9.13. The molecule has 0 N–H and O–H groups in total. The number of alkyl halides is 1. The molecule has 2 heterocycles. The Morgan fingerprint density at radius 2 is 1.19 bits per heavy atom. The fraction of sp³-hybridized carbons (Fsp3) is 0.0667. The Morgan fingerprint density at radius 1 is 0.676 bits per heavy atom. The monoisotopic (exact) mass is 547 g/mol. The molecule has 0 amide bonds. The van der Waals surface area contributed by atoms with Crippen LogP contribution < -0.4 is 0 Å². The summed E-state index contributed by atoms with van der Waals surface area (Å²) in [6.07, 6.45) is 0. The van der Waals surface area contributed by atoms with Gasteiger partial charge in [-0.25, -0.2) is 0 Å². The summed E-state index contributed by atoms with van der Waals surface area (Å²) in [5.74, 6) is 1.25. The van der Waals surface area contributed by atoms with E-state index in [4.69, 9.17) is 9.62 Å². The third kappa shape index (κ3) is 4.07. The van der Waals surface area contributed by atoms with Gasteiger partial charge >= 0.3 is 0 Å². The smallest absolute Gasteiger partial charge is 0.205 e. The first-order valence-corrected chi connectivity index (χ1v) is 13.0. The normalized spacial score (nSPS) is 11.5. The average molecular weight is 548 g/mol. The molecule has 0 aliphatic rings. The van der Waals surface area contributed by atoms with Crippen LogP contribution in [0.15, 0.2) is 126 Å². The molecule has 0 spiro atoms. The topological polar surface area (TPSA) is 69.6 Å². The second-order valence-electron chi connectivity index (χ2n) is 8.57. The largest absolute Gasteiger partial charge is 0.360 e. The van der Waals surface area contributed by atoms with Crippen LogP contribution in [-0.2, 0) is 10.9 Å². The number of hydrogen-bond acceptors (Lipinski definition) is 5. The van der Waals surface area contributed by atoms with Gasteiger partial charge in [0.05, 0.1) is 5.33 Å². The Kier molecular flexibility index (Phi) is 6.20. The lowest BCUT2D eigenvalue weighted by molar-refractivity contribution is 0.395. The molecule has 0 atom stereocenters. The molecule has 180 valence electrons. The Hall–Kier alpha value is -4.36. The number of rotatable bonds is 7. The van der Waals surface area contributed by atoms with Gasteiger partial charge in [-0.05, 0) is 21.9 Å². The molecule has 0 bridgehead atoms. The molecule has 0 saturated carbocycles. The van der Waals surface area contributed by atoms with Gasteiger partial charge in [0.2, 0.25) is 5.82 Å². The first-order valence-electron chi connectivity index (χ1n) is 11.9. The fourth-order valence-corrected chi connectivity index (χ4v) is 5.02. The van der Waals surface area contributed by atoms with Gasteiger partial charge in [-0.3, -0.25) is 0 Å². The molecule has 0 fully saturated rings. The predicted molar refractivity (Wildman–Crippen MR) is 146 cm³/mol. The van der Waals surface area contributed by atoms with Crippen LogP contribution >= 0.6 is 15.9 Å². The van der Waals surface area contributed by atoms with Crippen molar-refractivity contribution in [2.24, 2.45) is 0 Å². The molecule has 0 aliphatic carbocycles. The van der Waals surface area contributed by atoms with Gasteiger partial charge < -0.3 is 4.52 Å². The van der Waals surface area contributed by atoms with Crippen molar-refractivity contribution in [1.82, 2.24) is 25.4 Å². The molecule has 0 unspecified atom stereocenters. The summed E-state index contributed by atoms with van der Waals surface area (Å²) >= 11 is 3.43. The van der Waals surface area contributed by atoms with Crippen molar-refractivity contribution in [2.75, 3.05) is 0 Å². The third-order valence-electron chi connectivity index (χ3n) is 6.42. The summed E-state index contributed by atoms with van der Waals surface area (Å²) in [5, 5.41) is 19.1. The lowest BCUT2D eigenvalue weighted by Gasteiger charge is -2.34. The average Bonchev–Trinajstić information content (AvgIpc) is 3.66. The Morgan fingerprint density at radius 3 is 1.70 bits per heavy atom. The van der Waals surface area contributed by atoms with Crippen molar-refractivity contribution >= 4 is 15.9 Å². The lowest BCUT2D eigenvalue weighted by Crippen LogP contribution is -2.39. The SMILES string of the molecule is BrCc1cc(-c2ccccc2-c2nnn(C(c3ccccc3)(c3ccccc3)c3ccccc3)n2)no1. The van der Waals surface area contributed by atoms with Gasteiger partial charge in [0.15, 0.2) is 5.54 Å². The van der Waals surface area contributed by atoms with Crippen LogP contribution in [0.5, 0.6) is 0 Å². The molecule has 37 heavy (non-hydrogen) atoms. The predicted octanol–water partition coefficient (Wildman–Crippen LogP) is 6.73. The van der Waals surface area contributed by atoms with Gasteiger partial charge in [-0.15, -0.1) is 15.0 Å². The Bertz CT molecular complexity index is 1520. The highest BCUT2D eigenvalue weighted by Crippen LogP contribution is 2.40. The summed E-state index contributed by atoms with van der Waals surface area (Å²) in [6, 6.07) is 40.7. The van der Waals surface area contributed by atoms with E-state index < -0.39 is 5.54 Å². The number of aromatic nitrogens is 5. The van der Waals surface area contributed by atoms with Gasteiger partial charge in [0, 0.05) is 17.2 Å². The fourth-order valence-electron chi connectivity index (χ4n) is 4.75. The number of tetrazole rings is 1. The van der Waals surface area contributed by atoms with Crippen LogP contribution in [-0.4, -0.2) is 25.4 Å². The molecule has 2 aromatic heterocycles. The summed E-state index contributed by atoms with van der Waals surface area (Å²) in [5.41, 5.74) is 4.69. The van der Waals surface area contributed by atoms with Crippen molar-refractivity contribution in [3.8, 4) is 22.6 Å². The number of benzene rings is 4. The number of hydrogen-bond donors (Lipinski definition) is 0. The summed E-state index contributed by atoms with van der Waals surface area (Å²) in [7, 11) is 0.